The molecule has 0 heterocycles. The zero-order chi connectivity index (χ0) is 18.5. The quantitative estimate of drug-likeness (QED) is 0.178. The molecule has 0 saturated heterocycles. The lowest BCUT2D eigenvalue weighted by atomic mass is 10.1. The van der Waals surface area contributed by atoms with Crippen molar-refractivity contribution in [3.8, 4) is 5.75 Å². The highest BCUT2D eigenvalue weighted by Gasteiger charge is 2.04. The Morgan fingerprint density at radius 3 is 2.50 bits per heavy atom. The number of aryl methyl sites for hydroxylation is 1. The highest BCUT2D eigenvalue weighted by atomic mass is 127. The number of carbonyl (C=O) groups excluding carboxylic acids is 1. The van der Waals surface area contributed by atoms with Crippen LogP contribution in [0.3, 0.4) is 0 Å². The van der Waals surface area contributed by atoms with Crippen LogP contribution in [0.15, 0.2) is 23.2 Å². The van der Waals surface area contributed by atoms with Gasteiger partial charge in [0.2, 0.25) is 0 Å². The monoisotopic (exact) mass is 477 g/mol. The number of hydrogen-bond donors (Lipinski definition) is 2. The Kier molecular flexibility index (Phi) is 13.8. The van der Waals surface area contributed by atoms with Gasteiger partial charge >= 0.3 is 5.97 Å². The lowest BCUT2D eigenvalue weighted by Crippen LogP contribution is -2.37. The van der Waals surface area contributed by atoms with Gasteiger partial charge in [0.25, 0.3) is 0 Å². The van der Waals surface area contributed by atoms with Crippen molar-refractivity contribution >= 4 is 35.9 Å². The zero-order valence-corrected chi connectivity index (χ0v) is 18.6. The zero-order valence-electron chi connectivity index (χ0n) is 16.3. The molecule has 148 valence electrons. The smallest absolute Gasteiger partial charge is 0.305 e. The number of nitrogens with one attached hydrogen (secondary N) is 2. The van der Waals surface area contributed by atoms with Crippen LogP contribution in [0.1, 0.15) is 43.2 Å². The number of benzene rings is 1. The molecule has 7 heteroatoms. The van der Waals surface area contributed by atoms with Gasteiger partial charge in [0.05, 0.1) is 14.2 Å². The van der Waals surface area contributed by atoms with Crippen molar-refractivity contribution in [2.75, 3.05) is 27.8 Å². The van der Waals surface area contributed by atoms with Gasteiger partial charge in [-0.05, 0) is 31.4 Å². The largest absolute Gasteiger partial charge is 0.496 e. The fourth-order valence-electron chi connectivity index (χ4n) is 2.45. The molecule has 0 amide bonds. The maximum atomic E-state index is 11.0. The summed E-state index contributed by atoms with van der Waals surface area (Å²) in [6.07, 6.45) is 4.53. The number of unbranched alkanes of at least 4 members (excludes halogenated alkanes) is 3. The minimum atomic E-state index is -0.130. The van der Waals surface area contributed by atoms with Crippen molar-refractivity contribution in [2.24, 2.45) is 4.99 Å². The summed E-state index contributed by atoms with van der Waals surface area (Å²) in [5.41, 5.74) is 2.27. The number of methoxy groups -OCH3 is 2. The molecule has 0 bridgehead atoms. The van der Waals surface area contributed by atoms with Gasteiger partial charge in [-0.25, -0.2) is 0 Å². The van der Waals surface area contributed by atoms with Gasteiger partial charge in [0.1, 0.15) is 5.75 Å². The van der Waals surface area contributed by atoms with Crippen LogP contribution in [0.5, 0.6) is 5.75 Å². The first kappa shape index (κ1) is 24.5. The van der Waals surface area contributed by atoms with Crippen LogP contribution < -0.4 is 15.4 Å². The highest BCUT2D eigenvalue weighted by Crippen LogP contribution is 2.19. The topological polar surface area (TPSA) is 72.0 Å². The van der Waals surface area contributed by atoms with Crippen LogP contribution in [0.4, 0.5) is 0 Å². The van der Waals surface area contributed by atoms with Crippen LogP contribution >= 0.6 is 24.0 Å². The van der Waals surface area contributed by atoms with Gasteiger partial charge in [-0.2, -0.15) is 0 Å². The van der Waals surface area contributed by atoms with E-state index in [1.807, 2.05) is 13.0 Å². The van der Waals surface area contributed by atoms with Crippen LogP contribution in [0.2, 0.25) is 0 Å². The number of halogens is 1. The fraction of sp³-hybridized carbons (Fsp3) is 0.579. The van der Waals surface area contributed by atoms with E-state index < -0.39 is 0 Å². The van der Waals surface area contributed by atoms with E-state index in [4.69, 9.17) is 4.74 Å². The van der Waals surface area contributed by atoms with E-state index in [2.05, 4.69) is 32.5 Å². The molecule has 0 aliphatic rings. The van der Waals surface area contributed by atoms with E-state index in [1.54, 1.807) is 14.2 Å². The number of ether oxygens (including phenoxy) is 2. The molecule has 0 atom stereocenters. The van der Waals surface area contributed by atoms with Gasteiger partial charge < -0.3 is 20.1 Å². The van der Waals surface area contributed by atoms with E-state index in [-0.39, 0.29) is 29.9 Å². The van der Waals surface area contributed by atoms with E-state index in [0.29, 0.717) is 13.0 Å². The predicted octanol–water partition coefficient (Wildman–Crippen LogP) is 3.41. The Hall–Kier alpha value is -1.51. The summed E-state index contributed by atoms with van der Waals surface area (Å²) in [6, 6.07) is 6.17. The summed E-state index contributed by atoms with van der Waals surface area (Å²) in [6.45, 7) is 3.55. The molecule has 0 unspecified atom stereocenters. The standard InChI is InChI=1S/C19H31N3O3.HI/c1-15-10-11-16(17(13-15)24-3)14-22-19(20-2)21-12-8-6-5-7-9-18(23)25-4;/h10-11,13H,5-9,12,14H2,1-4H3,(H2,20,21,22);1H. The number of aliphatic imine (C=N–C) groups is 1. The third kappa shape index (κ3) is 9.84. The number of esters is 1. The molecule has 2 N–H and O–H groups in total. The van der Waals surface area contributed by atoms with Crippen LogP contribution in [-0.2, 0) is 16.1 Å². The summed E-state index contributed by atoms with van der Waals surface area (Å²) < 4.78 is 10.0. The first-order chi connectivity index (χ1) is 12.1. The van der Waals surface area contributed by atoms with E-state index in [0.717, 1.165) is 49.5 Å². The first-order valence-corrected chi connectivity index (χ1v) is 8.75. The third-order valence-corrected chi connectivity index (χ3v) is 3.94. The van der Waals surface area contributed by atoms with Crippen molar-refractivity contribution in [3.63, 3.8) is 0 Å². The van der Waals surface area contributed by atoms with Crippen molar-refractivity contribution in [1.29, 1.82) is 0 Å². The van der Waals surface area contributed by atoms with Crippen molar-refractivity contribution in [2.45, 2.75) is 45.6 Å². The molecule has 1 aromatic rings. The minimum absolute atomic E-state index is 0. The summed E-state index contributed by atoms with van der Waals surface area (Å²) >= 11 is 0. The molecular weight excluding hydrogens is 445 g/mol. The Balaban J connectivity index is 0.00000625. The summed E-state index contributed by atoms with van der Waals surface area (Å²) in [7, 11) is 4.88. The molecule has 0 aliphatic heterocycles. The Labute approximate surface area is 174 Å². The van der Waals surface area contributed by atoms with Gasteiger partial charge in [0.15, 0.2) is 5.96 Å². The molecule has 0 fully saturated rings. The van der Waals surface area contributed by atoms with E-state index in [9.17, 15) is 4.79 Å². The predicted molar refractivity (Wildman–Crippen MR) is 116 cm³/mol. The third-order valence-electron chi connectivity index (χ3n) is 3.94. The molecule has 0 spiro atoms. The van der Waals surface area contributed by atoms with Gasteiger partial charge in [0, 0.05) is 32.1 Å². The number of hydrogen-bond acceptors (Lipinski definition) is 4. The lowest BCUT2D eigenvalue weighted by Gasteiger charge is -2.14. The summed E-state index contributed by atoms with van der Waals surface area (Å²) in [5.74, 6) is 1.53. The fourth-order valence-corrected chi connectivity index (χ4v) is 2.45. The second-order valence-corrected chi connectivity index (χ2v) is 5.91. The number of guanidine groups is 1. The molecule has 0 aromatic heterocycles. The average molecular weight is 477 g/mol. The lowest BCUT2D eigenvalue weighted by molar-refractivity contribution is -0.140. The Bertz CT molecular complexity index is 565. The van der Waals surface area contributed by atoms with Gasteiger partial charge in [-0.1, -0.05) is 25.0 Å². The average Bonchev–Trinajstić information content (AvgIpc) is 2.63. The highest BCUT2D eigenvalue weighted by molar-refractivity contribution is 14.0. The maximum absolute atomic E-state index is 11.0. The normalized spacial score (nSPS) is 10.7. The van der Waals surface area contributed by atoms with Gasteiger partial charge in [-0.15, -0.1) is 24.0 Å². The van der Waals surface area contributed by atoms with Crippen LogP contribution in [0, 0.1) is 6.92 Å². The second-order valence-electron chi connectivity index (χ2n) is 5.91. The minimum Gasteiger partial charge on any atom is -0.496 e. The molecule has 0 saturated carbocycles. The maximum Gasteiger partial charge on any atom is 0.305 e. The van der Waals surface area contributed by atoms with Gasteiger partial charge in [-0.3, -0.25) is 9.79 Å². The molecule has 0 radical (unpaired) electrons. The number of nitrogens with zero attached hydrogens (tertiary/aromatic N) is 1. The molecule has 6 nitrogen and oxygen atoms in total. The molecule has 26 heavy (non-hydrogen) atoms. The number of rotatable bonds is 10. The Morgan fingerprint density at radius 2 is 1.85 bits per heavy atom. The summed E-state index contributed by atoms with van der Waals surface area (Å²) in [5, 5.41) is 6.61. The van der Waals surface area contributed by atoms with Crippen LogP contribution in [-0.4, -0.2) is 39.7 Å². The van der Waals surface area contributed by atoms with Crippen molar-refractivity contribution < 1.29 is 14.3 Å². The first-order valence-electron chi connectivity index (χ1n) is 8.75. The van der Waals surface area contributed by atoms with Crippen molar-refractivity contribution in [3.05, 3.63) is 29.3 Å². The van der Waals surface area contributed by atoms with E-state index >= 15 is 0 Å². The SMILES string of the molecule is CN=C(NCCCCCCC(=O)OC)NCc1ccc(C)cc1OC.I. The molecule has 0 aliphatic carbocycles. The van der Waals surface area contributed by atoms with Crippen LogP contribution in [0.25, 0.3) is 0 Å². The summed E-state index contributed by atoms with van der Waals surface area (Å²) in [4.78, 5) is 15.3. The second kappa shape index (κ2) is 14.6. The molecule has 1 rings (SSSR count). The number of carbonyl (C=O) groups is 1. The molecule has 1 aromatic carbocycles. The Morgan fingerprint density at radius 1 is 1.12 bits per heavy atom. The molecular formula is C19H32IN3O3. The van der Waals surface area contributed by atoms with Crippen molar-refractivity contribution in [1.82, 2.24) is 10.6 Å². The van der Waals surface area contributed by atoms with E-state index in [1.165, 1.54) is 12.7 Å².